The van der Waals surface area contributed by atoms with Crippen molar-refractivity contribution in [1.29, 1.82) is 0 Å². The Balaban J connectivity index is 1.29. The monoisotopic (exact) mass is 407 g/mol. The molecule has 2 unspecified atom stereocenters. The van der Waals surface area contributed by atoms with Crippen LogP contribution in [0.3, 0.4) is 0 Å². The van der Waals surface area contributed by atoms with Crippen molar-refractivity contribution < 1.29 is 14.3 Å². The lowest BCUT2D eigenvalue weighted by molar-refractivity contribution is -0.120. The Bertz CT molecular complexity index is 872. The summed E-state index contributed by atoms with van der Waals surface area (Å²) >= 11 is 0. The minimum Gasteiger partial charge on any atom is -0.446 e. The van der Waals surface area contributed by atoms with Gasteiger partial charge in [-0.1, -0.05) is 48.5 Å². The number of hydrogen-bond donors (Lipinski definition) is 2. The molecule has 1 saturated heterocycles. The van der Waals surface area contributed by atoms with Crippen molar-refractivity contribution in [3.05, 3.63) is 54.6 Å². The molecule has 1 aliphatic heterocycles. The number of rotatable bonds is 6. The number of anilines is 1. The fraction of sp³-hybridized carbons (Fsp3) is 0.417. The topological polar surface area (TPSA) is 70.7 Å². The summed E-state index contributed by atoms with van der Waals surface area (Å²) < 4.78 is 5.76. The van der Waals surface area contributed by atoms with Gasteiger partial charge in [0, 0.05) is 38.7 Å². The molecule has 2 aromatic carbocycles. The molecule has 0 aromatic heterocycles. The van der Waals surface area contributed by atoms with E-state index in [1.54, 1.807) is 7.05 Å². The maximum atomic E-state index is 12.6. The molecule has 2 fully saturated rings. The molecular formula is C24H29N3O3. The lowest BCUT2D eigenvalue weighted by atomic mass is 10.0. The van der Waals surface area contributed by atoms with Crippen LogP contribution in [0.15, 0.2) is 54.6 Å². The minimum atomic E-state index is -0.389. The van der Waals surface area contributed by atoms with E-state index in [4.69, 9.17) is 4.74 Å². The van der Waals surface area contributed by atoms with Gasteiger partial charge in [-0.3, -0.25) is 10.1 Å². The first-order valence-electron chi connectivity index (χ1n) is 10.7. The van der Waals surface area contributed by atoms with Crippen molar-refractivity contribution in [1.82, 2.24) is 10.2 Å². The van der Waals surface area contributed by atoms with Gasteiger partial charge in [-0.05, 0) is 36.3 Å². The maximum absolute atomic E-state index is 12.6. The standard InChI is InChI=1S/C24H29N3O3/c1-25-23(28)11-12-27-15-18-13-20(14-19(18)16-27)30-24(29)26-22-10-6-5-9-21(22)17-7-3-2-4-8-17/h2-10,18-20H,11-16H2,1H3,(H,25,28)(H,26,29). The zero-order chi connectivity index (χ0) is 20.9. The summed E-state index contributed by atoms with van der Waals surface area (Å²) in [6, 6.07) is 17.8. The average molecular weight is 408 g/mol. The van der Waals surface area contributed by atoms with E-state index < -0.39 is 0 Å². The largest absolute Gasteiger partial charge is 0.446 e. The second kappa shape index (κ2) is 9.30. The van der Waals surface area contributed by atoms with E-state index in [0.29, 0.717) is 18.3 Å². The molecule has 30 heavy (non-hydrogen) atoms. The number of nitrogens with zero attached hydrogens (tertiary/aromatic N) is 1. The molecule has 6 heteroatoms. The molecule has 2 N–H and O–H groups in total. The first-order chi connectivity index (χ1) is 14.6. The number of fused-ring (bicyclic) bond motifs is 1. The van der Waals surface area contributed by atoms with E-state index in [0.717, 1.165) is 49.3 Å². The summed E-state index contributed by atoms with van der Waals surface area (Å²) in [5.74, 6) is 1.17. The van der Waals surface area contributed by atoms with Gasteiger partial charge in [0.15, 0.2) is 0 Å². The first-order valence-corrected chi connectivity index (χ1v) is 10.7. The van der Waals surface area contributed by atoms with Gasteiger partial charge in [0.05, 0.1) is 5.69 Å². The average Bonchev–Trinajstić information content (AvgIpc) is 3.31. The number of carbonyl (C=O) groups excluding carboxylic acids is 2. The molecule has 6 nitrogen and oxygen atoms in total. The van der Waals surface area contributed by atoms with Gasteiger partial charge in [-0.15, -0.1) is 0 Å². The van der Waals surface area contributed by atoms with Crippen LogP contribution in [0, 0.1) is 11.8 Å². The van der Waals surface area contributed by atoms with Gasteiger partial charge in [0.25, 0.3) is 0 Å². The van der Waals surface area contributed by atoms with Gasteiger partial charge < -0.3 is 15.0 Å². The smallest absolute Gasteiger partial charge is 0.411 e. The van der Waals surface area contributed by atoms with Gasteiger partial charge >= 0.3 is 6.09 Å². The second-order valence-corrected chi connectivity index (χ2v) is 8.24. The van der Waals surface area contributed by atoms with Crippen LogP contribution in [0.1, 0.15) is 19.3 Å². The summed E-state index contributed by atoms with van der Waals surface area (Å²) in [6.07, 6.45) is 1.91. The van der Waals surface area contributed by atoms with Gasteiger partial charge in [-0.2, -0.15) is 0 Å². The number of para-hydroxylation sites is 1. The molecule has 2 aliphatic rings. The predicted molar refractivity (Wildman–Crippen MR) is 117 cm³/mol. The van der Waals surface area contributed by atoms with Crippen LogP contribution in [0.4, 0.5) is 10.5 Å². The highest BCUT2D eigenvalue weighted by atomic mass is 16.6. The Morgan fingerprint density at radius 1 is 1.00 bits per heavy atom. The summed E-state index contributed by atoms with van der Waals surface area (Å²) in [4.78, 5) is 26.4. The summed E-state index contributed by atoms with van der Waals surface area (Å²) in [5, 5.41) is 5.61. The number of benzene rings is 2. The molecule has 0 spiro atoms. The van der Waals surface area contributed by atoms with Crippen LogP contribution in [-0.2, 0) is 9.53 Å². The van der Waals surface area contributed by atoms with E-state index in [1.165, 1.54) is 0 Å². The van der Waals surface area contributed by atoms with Crippen LogP contribution in [-0.4, -0.2) is 49.7 Å². The molecule has 1 saturated carbocycles. The lowest BCUT2D eigenvalue weighted by Crippen LogP contribution is -2.29. The molecule has 0 radical (unpaired) electrons. The zero-order valence-corrected chi connectivity index (χ0v) is 17.3. The predicted octanol–water partition coefficient (Wildman–Crippen LogP) is 3.75. The van der Waals surface area contributed by atoms with E-state index in [2.05, 4.69) is 15.5 Å². The van der Waals surface area contributed by atoms with Crippen molar-refractivity contribution in [3.8, 4) is 11.1 Å². The molecule has 2 atom stereocenters. The lowest BCUT2D eigenvalue weighted by Gasteiger charge is -2.19. The SMILES string of the molecule is CNC(=O)CCN1CC2CC(OC(=O)Nc3ccccc3-c3ccccc3)CC2C1. The summed E-state index contributed by atoms with van der Waals surface area (Å²) in [5.41, 5.74) is 2.79. The number of amides is 2. The van der Waals surface area contributed by atoms with Crippen LogP contribution >= 0.6 is 0 Å². The number of ether oxygens (including phenoxy) is 1. The molecular weight excluding hydrogens is 378 g/mol. The number of hydrogen-bond acceptors (Lipinski definition) is 4. The summed E-state index contributed by atoms with van der Waals surface area (Å²) in [6.45, 7) is 2.77. The third-order valence-electron chi connectivity index (χ3n) is 6.24. The minimum absolute atomic E-state index is 0.0371. The maximum Gasteiger partial charge on any atom is 0.411 e. The molecule has 4 rings (SSSR count). The molecule has 2 amide bonds. The molecule has 158 valence electrons. The Kier molecular flexibility index (Phi) is 6.33. The van der Waals surface area contributed by atoms with Crippen molar-refractivity contribution in [2.75, 3.05) is 32.0 Å². The second-order valence-electron chi connectivity index (χ2n) is 8.24. The van der Waals surface area contributed by atoms with E-state index in [-0.39, 0.29) is 18.1 Å². The molecule has 1 aliphatic carbocycles. The summed E-state index contributed by atoms with van der Waals surface area (Å²) in [7, 11) is 1.67. The fourth-order valence-electron chi connectivity index (χ4n) is 4.76. The van der Waals surface area contributed by atoms with Crippen molar-refractivity contribution in [2.24, 2.45) is 11.8 Å². The van der Waals surface area contributed by atoms with Crippen LogP contribution in [0.5, 0.6) is 0 Å². The Hall–Kier alpha value is -2.86. The molecule has 0 bridgehead atoms. The van der Waals surface area contributed by atoms with Gasteiger partial charge in [-0.25, -0.2) is 4.79 Å². The van der Waals surface area contributed by atoms with Crippen LogP contribution in [0.2, 0.25) is 0 Å². The third kappa shape index (κ3) is 4.82. The molecule has 2 aromatic rings. The highest BCUT2D eigenvalue weighted by Crippen LogP contribution is 2.39. The van der Waals surface area contributed by atoms with E-state index in [1.807, 2.05) is 54.6 Å². The number of carbonyl (C=O) groups is 2. The fourth-order valence-corrected chi connectivity index (χ4v) is 4.76. The van der Waals surface area contributed by atoms with Gasteiger partial charge in [0.2, 0.25) is 5.91 Å². The van der Waals surface area contributed by atoms with E-state index >= 15 is 0 Å². The number of nitrogens with one attached hydrogen (secondary N) is 2. The zero-order valence-electron chi connectivity index (χ0n) is 17.3. The van der Waals surface area contributed by atoms with Crippen molar-refractivity contribution in [2.45, 2.75) is 25.4 Å². The normalized spacial score (nSPS) is 23.0. The Labute approximate surface area is 177 Å². The van der Waals surface area contributed by atoms with Crippen molar-refractivity contribution in [3.63, 3.8) is 0 Å². The highest BCUT2D eigenvalue weighted by molar-refractivity contribution is 5.91. The van der Waals surface area contributed by atoms with Crippen LogP contribution in [0.25, 0.3) is 11.1 Å². The quantitative estimate of drug-likeness (QED) is 0.765. The molecule has 1 heterocycles. The van der Waals surface area contributed by atoms with E-state index in [9.17, 15) is 9.59 Å². The highest BCUT2D eigenvalue weighted by Gasteiger charge is 2.42. The Morgan fingerprint density at radius 3 is 2.37 bits per heavy atom. The first kappa shape index (κ1) is 20.4. The van der Waals surface area contributed by atoms with Crippen LogP contribution < -0.4 is 10.6 Å². The third-order valence-corrected chi connectivity index (χ3v) is 6.24. The van der Waals surface area contributed by atoms with Crippen molar-refractivity contribution >= 4 is 17.7 Å². The number of likely N-dealkylation sites (tertiary alicyclic amines) is 1. The Morgan fingerprint density at radius 2 is 1.67 bits per heavy atom. The van der Waals surface area contributed by atoms with Gasteiger partial charge in [0.1, 0.15) is 6.10 Å².